The van der Waals surface area contributed by atoms with Crippen LogP contribution in [0.3, 0.4) is 0 Å². The average Bonchev–Trinajstić information content (AvgIpc) is 3.58. The van der Waals surface area contributed by atoms with Crippen LogP contribution in [-0.4, -0.2) is 4.57 Å². The fourth-order valence-electron chi connectivity index (χ4n) is 7.66. The van der Waals surface area contributed by atoms with E-state index in [2.05, 4.69) is 227 Å². The van der Waals surface area contributed by atoms with Gasteiger partial charge in [0.25, 0.3) is 0 Å². The van der Waals surface area contributed by atoms with E-state index in [1.54, 1.807) is 0 Å². The molecule has 0 N–H and O–H groups in total. The largest absolute Gasteiger partial charge is 0.309 e. The topological polar surface area (TPSA) is 11.4 Å². The van der Waals surface area contributed by atoms with E-state index in [0.29, 0.717) is 0 Å². The zero-order valence-electron chi connectivity index (χ0n) is 29.5. The minimum absolute atomic E-state index is 1.10. The van der Waals surface area contributed by atoms with E-state index in [0.717, 1.165) is 39.9 Å². The van der Waals surface area contributed by atoms with Gasteiger partial charge in [-0.3, -0.25) is 9.47 Å². The summed E-state index contributed by atoms with van der Waals surface area (Å²) in [7, 11) is 0. The Bertz CT molecular complexity index is 2620. The first-order valence-electron chi connectivity index (χ1n) is 18.3. The summed E-state index contributed by atoms with van der Waals surface area (Å²) >= 11 is 1.87. The molecule has 4 heteroatoms. The fourth-order valence-corrected chi connectivity index (χ4v) is 8.94. The number of nitrogens with zero attached hydrogens (tertiary/aromatic N) is 3. The van der Waals surface area contributed by atoms with Crippen molar-refractivity contribution in [3.63, 3.8) is 0 Å². The predicted octanol–water partition coefficient (Wildman–Crippen LogP) is 14.4. The molecule has 9 aromatic rings. The van der Waals surface area contributed by atoms with Crippen LogP contribution in [0.2, 0.25) is 0 Å². The van der Waals surface area contributed by atoms with E-state index in [4.69, 9.17) is 0 Å². The Hall–Kier alpha value is -6.75. The maximum atomic E-state index is 2.45. The van der Waals surface area contributed by atoms with Gasteiger partial charge in [-0.25, -0.2) is 0 Å². The van der Waals surface area contributed by atoms with E-state index in [1.807, 2.05) is 11.8 Å². The molecule has 1 aliphatic heterocycles. The lowest BCUT2D eigenvalue weighted by molar-refractivity contribution is 1.03. The molecule has 0 radical (unpaired) electrons. The lowest BCUT2D eigenvalue weighted by Crippen LogP contribution is -2.20. The third kappa shape index (κ3) is 5.56. The van der Waals surface area contributed by atoms with Gasteiger partial charge in [-0.15, -0.1) is 0 Å². The van der Waals surface area contributed by atoms with E-state index in [1.165, 1.54) is 42.9 Å². The van der Waals surface area contributed by atoms with Gasteiger partial charge in [0, 0.05) is 28.1 Å². The van der Waals surface area contributed by atoms with Gasteiger partial charge < -0.3 is 4.90 Å². The van der Waals surface area contributed by atoms with Crippen molar-refractivity contribution in [2.45, 2.75) is 9.79 Å². The third-order valence-corrected chi connectivity index (χ3v) is 11.4. The molecule has 10 rings (SSSR count). The van der Waals surface area contributed by atoms with E-state index >= 15 is 0 Å². The van der Waals surface area contributed by atoms with Crippen molar-refractivity contribution in [2.75, 3.05) is 9.80 Å². The first-order chi connectivity index (χ1) is 26.8. The molecule has 0 unspecified atom stereocenters. The van der Waals surface area contributed by atoms with Crippen molar-refractivity contribution < 1.29 is 0 Å². The van der Waals surface area contributed by atoms with Crippen molar-refractivity contribution in [3.05, 3.63) is 212 Å². The highest BCUT2D eigenvalue weighted by molar-refractivity contribution is 8.00. The Kier molecular flexibility index (Phi) is 8.08. The number of para-hydroxylation sites is 3. The molecule has 0 bridgehead atoms. The number of fused-ring (bicyclic) bond motifs is 4. The predicted molar refractivity (Wildman–Crippen MR) is 228 cm³/mol. The molecule has 0 amide bonds. The zero-order valence-corrected chi connectivity index (χ0v) is 30.3. The molecular formula is C50H35N3S. The summed E-state index contributed by atoms with van der Waals surface area (Å²) in [4.78, 5) is 7.30. The van der Waals surface area contributed by atoms with Crippen molar-refractivity contribution in [2.24, 2.45) is 0 Å². The fraction of sp³-hybridized carbons (Fsp3) is 0. The monoisotopic (exact) mass is 709 g/mol. The Balaban J connectivity index is 1.19. The van der Waals surface area contributed by atoms with Gasteiger partial charge in [0.15, 0.2) is 0 Å². The highest BCUT2D eigenvalue weighted by atomic mass is 32.2. The molecule has 2 heterocycles. The van der Waals surface area contributed by atoms with Gasteiger partial charge >= 0.3 is 0 Å². The van der Waals surface area contributed by atoms with E-state index in [-0.39, 0.29) is 0 Å². The number of hydrogen-bond acceptors (Lipinski definition) is 3. The minimum atomic E-state index is 1.10. The molecule has 0 saturated heterocycles. The van der Waals surface area contributed by atoms with Gasteiger partial charge in [0.05, 0.1) is 26.7 Å². The summed E-state index contributed by atoms with van der Waals surface area (Å²) in [5.41, 5.74) is 12.7. The SMILES string of the molecule is c1ccc(-c2ccc(N(c3ccc(-c4ccccc4)cc3)c3cccc4c3Sc3c(n(-c5ccccc5)c5ccccc35)N4c3ccccc3)cc2)cc1. The van der Waals surface area contributed by atoms with Crippen LogP contribution in [0.1, 0.15) is 0 Å². The molecular weight excluding hydrogens is 675 g/mol. The Morgan fingerprint density at radius 3 is 1.43 bits per heavy atom. The normalized spacial score (nSPS) is 12.0. The van der Waals surface area contributed by atoms with Crippen LogP contribution in [0.15, 0.2) is 222 Å². The van der Waals surface area contributed by atoms with Crippen LogP contribution in [0.5, 0.6) is 0 Å². The van der Waals surface area contributed by atoms with Gasteiger partial charge in [-0.05, 0) is 89.0 Å². The van der Waals surface area contributed by atoms with Crippen LogP contribution < -0.4 is 9.80 Å². The van der Waals surface area contributed by atoms with Gasteiger partial charge in [-0.2, -0.15) is 0 Å². The van der Waals surface area contributed by atoms with Gasteiger partial charge in [-0.1, -0.05) is 157 Å². The molecule has 1 aliphatic rings. The second-order valence-electron chi connectivity index (χ2n) is 13.4. The maximum Gasteiger partial charge on any atom is 0.137 e. The van der Waals surface area contributed by atoms with Crippen LogP contribution in [0, 0.1) is 0 Å². The summed E-state index contributed by atoms with van der Waals surface area (Å²) in [6.07, 6.45) is 0. The number of aromatic nitrogens is 1. The second kappa shape index (κ2) is 13.7. The molecule has 8 aromatic carbocycles. The maximum absolute atomic E-state index is 2.45. The smallest absolute Gasteiger partial charge is 0.137 e. The average molecular weight is 710 g/mol. The summed E-state index contributed by atoms with van der Waals surface area (Å²) in [6.45, 7) is 0. The molecule has 0 aliphatic carbocycles. The van der Waals surface area contributed by atoms with Crippen molar-refractivity contribution in [1.82, 2.24) is 4.57 Å². The van der Waals surface area contributed by atoms with E-state index < -0.39 is 0 Å². The summed E-state index contributed by atoms with van der Waals surface area (Å²) in [5.74, 6) is 1.15. The van der Waals surface area contributed by atoms with Crippen LogP contribution in [0.25, 0.3) is 38.8 Å². The third-order valence-electron chi connectivity index (χ3n) is 10.2. The van der Waals surface area contributed by atoms with Crippen molar-refractivity contribution >= 4 is 56.9 Å². The van der Waals surface area contributed by atoms with Gasteiger partial charge in [0.2, 0.25) is 0 Å². The molecule has 0 atom stereocenters. The first kappa shape index (κ1) is 31.9. The molecule has 3 nitrogen and oxygen atoms in total. The number of benzene rings is 8. The summed E-state index contributed by atoms with van der Waals surface area (Å²) in [5, 5.41) is 1.23. The zero-order chi connectivity index (χ0) is 35.8. The highest BCUT2D eigenvalue weighted by Gasteiger charge is 2.34. The lowest BCUT2D eigenvalue weighted by atomic mass is 10.0. The molecule has 1 aromatic heterocycles. The standard InChI is InChI=1S/C50H35N3S/c1-5-16-36(17-6-1)38-28-32-42(33-29-38)51(43-34-30-39(31-35-43)37-18-7-2-8-19-37)46-26-15-27-47-49(46)54-48-44-24-13-14-25-45(44)52(40-20-9-3-10-21-40)50(48)53(47)41-22-11-4-12-23-41/h1-35H. The molecule has 0 saturated carbocycles. The Morgan fingerprint density at radius 1 is 0.370 bits per heavy atom. The molecule has 54 heavy (non-hydrogen) atoms. The second-order valence-corrected chi connectivity index (χ2v) is 14.4. The van der Waals surface area contributed by atoms with Gasteiger partial charge in [0.1, 0.15) is 5.82 Å². The minimum Gasteiger partial charge on any atom is -0.309 e. The quantitative estimate of drug-likeness (QED) is 0.163. The van der Waals surface area contributed by atoms with Crippen molar-refractivity contribution in [3.8, 4) is 27.9 Å². The Labute approximate surface area is 320 Å². The molecule has 256 valence electrons. The number of hydrogen-bond donors (Lipinski definition) is 0. The summed E-state index contributed by atoms with van der Waals surface area (Å²) in [6, 6.07) is 76.2. The number of anilines is 6. The molecule has 0 fully saturated rings. The Morgan fingerprint density at radius 2 is 0.852 bits per heavy atom. The van der Waals surface area contributed by atoms with Crippen molar-refractivity contribution in [1.29, 1.82) is 0 Å². The van der Waals surface area contributed by atoms with Crippen LogP contribution in [-0.2, 0) is 0 Å². The highest BCUT2D eigenvalue weighted by Crippen LogP contribution is 2.59. The lowest BCUT2D eigenvalue weighted by Gasteiger charge is -2.36. The summed E-state index contributed by atoms with van der Waals surface area (Å²) < 4.78 is 2.42. The van der Waals surface area contributed by atoms with Crippen LogP contribution >= 0.6 is 11.8 Å². The van der Waals surface area contributed by atoms with Crippen LogP contribution in [0.4, 0.5) is 34.3 Å². The van der Waals surface area contributed by atoms with E-state index in [9.17, 15) is 0 Å². The first-order valence-corrected chi connectivity index (χ1v) is 19.1. The molecule has 0 spiro atoms. The number of rotatable bonds is 7.